The van der Waals surface area contributed by atoms with Crippen molar-refractivity contribution in [1.82, 2.24) is 15.6 Å². The summed E-state index contributed by atoms with van der Waals surface area (Å²) >= 11 is 0. The first kappa shape index (κ1) is 19.8. The molecule has 2 heterocycles. The zero-order valence-corrected chi connectivity index (χ0v) is 16.1. The van der Waals surface area contributed by atoms with Gasteiger partial charge in [-0.15, -0.1) is 0 Å². The van der Waals surface area contributed by atoms with Crippen LogP contribution in [0.2, 0.25) is 0 Å². The van der Waals surface area contributed by atoms with Crippen LogP contribution in [0, 0.1) is 6.92 Å². The van der Waals surface area contributed by atoms with Crippen LogP contribution in [-0.4, -0.2) is 41.1 Å². The zero-order chi connectivity index (χ0) is 20.3. The number of rotatable bonds is 5. The highest BCUT2D eigenvalue weighted by Gasteiger charge is 2.27. The van der Waals surface area contributed by atoms with Crippen molar-refractivity contribution in [3.63, 3.8) is 0 Å². The highest BCUT2D eigenvalue weighted by Crippen LogP contribution is 2.28. The second kappa shape index (κ2) is 8.39. The fourth-order valence-electron chi connectivity index (χ4n) is 3.33. The van der Waals surface area contributed by atoms with Gasteiger partial charge in [-0.05, 0) is 44.7 Å². The van der Waals surface area contributed by atoms with Gasteiger partial charge in [0.25, 0.3) is 11.8 Å². The normalized spacial score (nSPS) is 19.1. The third-order valence-electron chi connectivity index (χ3n) is 4.93. The molecule has 0 radical (unpaired) electrons. The molecular formula is C21H25N3O4. The maximum atomic E-state index is 12.9. The van der Waals surface area contributed by atoms with Crippen LogP contribution in [0.15, 0.2) is 35.3 Å². The molecule has 148 valence electrons. The van der Waals surface area contributed by atoms with Crippen molar-refractivity contribution in [3.05, 3.63) is 59.3 Å². The largest absolute Gasteiger partial charge is 0.450 e. The van der Waals surface area contributed by atoms with Crippen molar-refractivity contribution in [1.29, 1.82) is 0 Å². The summed E-state index contributed by atoms with van der Waals surface area (Å²) in [7, 11) is 1.49. The minimum Gasteiger partial charge on any atom is -0.450 e. The number of nitrogens with zero attached hydrogens (tertiary/aromatic N) is 1. The molecule has 0 unspecified atom stereocenters. The number of hydrogen-bond acceptors (Lipinski definition) is 5. The lowest BCUT2D eigenvalue weighted by Crippen LogP contribution is -2.38. The Hall–Kier alpha value is -2.93. The van der Waals surface area contributed by atoms with Gasteiger partial charge in [-0.25, -0.2) is 0 Å². The molecule has 2 aromatic rings. The number of nitrogens with one attached hydrogen (secondary N) is 2. The first-order chi connectivity index (χ1) is 13.4. The first-order valence-corrected chi connectivity index (χ1v) is 9.37. The summed E-state index contributed by atoms with van der Waals surface area (Å²) in [5.74, 6) is -0.490. The molecule has 0 aromatic carbocycles. The van der Waals surface area contributed by atoms with Crippen LogP contribution >= 0.6 is 0 Å². The topological polar surface area (TPSA) is 104 Å². The lowest BCUT2D eigenvalue weighted by Gasteiger charge is -2.26. The minimum atomic E-state index is -0.425. The maximum absolute atomic E-state index is 12.9. The summed E-state index contributed by atoms with van der Waals surface area (Å²) < 4.78 is 5.70. The Labute approximate surface area is 163 Å². The van der Waals surface area contributed by atoms with Crippen LogP contribution in [0.1, 0.15) is 63.7 Å². The van der Waals surface area contributed by atoms with E-state index >= 15 is 0 Å². The van der Waals surface area contributed by atoms with Gasteiger partial charge in [-0.2, -0.15) is 0 Å². The number of aromatic nitrogens is 1. The fourth-order valence-corrected chi connectivity index (χ4v) is 3.33. The molecule has 28 heavy (non-hydrogen) atoms. The number of pyridine rings is 1. The predicted molar refractivity (Wildman–Crippen MR) is 105 cm³/mol. The highest BCUT2D eigenvalue weighted by molar-refractivity contribution is 6.02. The van der Waals surface area contributed by atoms with Gasteiger partial charge in [0, 0.05) is 30.4 Å². The van der Waals surface area contributed by atoms with Crippen molar-refractivity contribution in [2.24, 2.45) is 0 Å². The van der Waals surface area contributed by atoms with Crippen molar-refractivity contribution < 1.29 is 19.1 Å². The summed E-state index contributed by atoms with van der Waals surface area (Å²) in [6, 6.07) is 6.90. The molecule has 1 saturated carbocycles. The average molecular weight is 383 g/mol. The molecule has 3 N–H and O–H groups in total. The Kier molecular flexibility index (Phi) is 5.94. The molecule has 7 nitrogen and oxygen atoms in total. The summed E-state index contributed by atoms with van der Waals surface area (Å²) in [5, 5.41) is 15.1. The van der Waals surface area contributed by atoms with E-state index in [0.717, 1.165) is 5.69 Å². The van der Waals surface area contributed by atoms with Crippen LogP contribution in [-0.2, 0) is 0 Å². The predicted octanol–water partition coefficient (Wildman–Crippen LogP) is 2.44. The minimum absolute atomic E-state index is 0.0209. The highest BCUT2D eigenvalue weighted by atomic mass is 16.4. The molecule has 1 aliphatic carbocycles. The Morgan fingerprint density at radius 1 is 1.21 bits per heavy atom. The van der Waals surface area contributed by atoms with Crippen molar-refractivity contribution in [2.75, 3.05) is 7.05 Å². The van der Waals surface area contributed by atoms with Gasteiger partial charge in [0.2, 0.25) is 0 Å². The summed E-state index contributed by atoms with van der Waals surface area (Å²) in [6.07, 6.45) is 2.44. The number of hydrogen-bond donors (Lipinski definition) is 3. The van der Waals surface area contributed by atoms with Crippen molar-refractivity contribution >= 4 is 17.4 Å². The van der Waals surface area contributed by atoms with Crippen molar-refractivity contribution in [3.8, 4) is 0 Å². The number of carbonyl (C=O) groups is 2. The van der Waals surface area contributed by atoms with Gasteiger partial charge in [0.1, 0.15) is 5.76 Å². The van der Waals surface area contributed by atoms with E-state index < -0.39 is 5.91 Å². The van der Waals surface area contributed by atoms with Gasteiger partial charge in [0.05, 0.1) is 17.4 Å². The van der Waals surface area contributed by atoms with E-state index in [4.69, 9.17) is 4.42 Å². The molecule has 0 saturated heterocycles. The summed E-state index contributed by atoms with van der Waals surface area (Å²) in [4.78, 5) is 29.4. The number of aliphatic hydroxyl groups excluding tert-OH is 1. The molecule has 0 aliphatic heterocycles. The zero-order valence-electron chi connectivity index (χ0n) is 16.1. The van der Waals surface area contributed by atoms with E-state index in [0.29, 0.717) is 37.0 Å². The molecule has 3 rings (SSSR count). The van der Waals surface area contributed by atoms with Crippen LogP contribution in [0.4, 0.5) is 0 Å². The lowest BCUT2D eigenvalue weighted by molar-refractivity contribution is 0.0866. The van der Waals surface area contributed by atoms with Crippen molar-refractivity contribution in [2.45, 2.75) is 44.8 Å². The monoisotopic (exact) mass is 383 g/mol. The van der Waals surface area contributed by atoms with E-state index in [-0.39, 0.29) is 35.1 Å². The molecule has 0 spiro atoms. The Morgan fingerprint density at radius 2 is 1.93 bits per heavy atom. The average Bonchev–Trinajstić information content (AvgIpc) is 3.14. The van der Waals surface area contributed by atoms with Crippen LogP contribution in [0.3, 0.4) is 0 Å². The first-order valence-electron chi connectivity index (χ1n) is 9.37. The summed E-state index contributed by atoms with van der Waals surface area (Å²) in [6.45, 7) is 5.89. The number of aliphatic hydroxyl groups is 1. The lowest BCUT2D eigenvalue weighted by atomic mass is 9.93. The van der Waals surface area contributed by atoms with E-state index in [1.54, 1.807) is 6.07 Å². The second-order valence-corrected chi connectivity index (χ2v) is 7.05. The molecule has 7 heteroatoms. The molecular weight excluding hydrogens is 358 g/mol. The smallest absolute Gasteiger partial charge is 0.286 e. The maximum Gasteiger partial charge on any atom is 0.286 e. The summed E-state index contributed by atoms with van der Waals surface area (Å²) in [5.41, 5.74) is 2.07. The quantitative estimate of drug-likeness (QED) is 0.736. The number of furan rings is 1. The van der Waals surface area contributed by atoms with Crippen LogP contribution in [0.25, 0.3) is 5.57 Å². The Balaban J connectivity index is 1.90. The Bertz CT molecular complexity index is 895. The standard InChI is InChI=1S/C21H25N3O4/c1-12-5-4-6-17(23-12)13(2)19-16(11-18(28-19)21(27)22-3)20(26)24-14-7-9-15(25)10-8-14/h4-6,11,14-15,25H,2,7-10H2,1,3H3,(H,22,27)(H,24,26)/t14-,15-. The SMILES string of the molecule is C=C(c1cccc(C)n1)c1oc(C(=O)NC)cc1C(=O)N[C@H]1CC[C@H](O)CC1. The van der Waals surface area contributed by atoms with E-state index in [2.05, 4.69) is 22.2 Å². The van der Waals surface area contributed by atoms with Gasteiger partial charge < -0.3 is 20.2 Å². The fraction of sp³-hybridized carbons (Fsp3) is 0.381. The van der Waals surface area contributed by atoms with E-state index in [9.17, 15) is 14.7 Å². The number of carbonyl (C=O) groups excluding carboxylic acids is 2. The van der Waals surface area contributed by atoms with Gasteiger partial charge >= 0.3 is 0 Å². The van der Waals surface area contributed by atoms with Gasteiger partial charge in [-0.1, -0.05) is 12.6 Å². The third kappa shape index (κ3) is 4.31. The molecule has 1 aliphatic rings. The molecule has 2 aromatic heterocycles. The molecule has 2 amide bonds. The van der Waals surface area contributed by atoms with Gasteiger partial charge in [-0.3, -0.25) is 14.6 Å². The second-order valence-electron chi connectivity index (χ2n) is 7.05. The van der Waals surface area contributed by atoms with E-state index in [1.165, 1.54) is 13.1 Å². The number of aryl methyl sites for hydroxylation is 1. The molecule has 0 atom stereocenters. The van der Waals surface area contributed by atoms with Gasteiger partial charge in [0.15, 0.2) is 5.76 Å². The van der Waals surface area contributed by atoms with Crippen LogP contribution in [0.5, 0.6) is 0 Å². The molecule has 1 fully saturated rings. The Morgan fingerprint density at radius 3 is 2.57 bits per heavy atom. The third-order valence-corrected chi connectivity index (χ3v) is 4.93. The number of amides is 2. The van der Waals surface area contributed by atoms with Crippen LogP contribution < -0.4 is 10.6 Å². The van der Waals surface area contributed by atoms with E-state index in [1.807, 2.05) is 19.1 Å². The molecule has 0 bridgehead atoms.